The molecule has 0 saturated carbocycles. The van der Waals surface area contributed by atoms with E-state index in [2.05, 4.69) is 17.9 Å². The van der Waals surface area contributed by atoms with Crippen molar-refractivity contribution in [2.75, 3.05) is 46.5 Å². The molecule has 0 aromatic heterocycles. The van der Waals surface area contributed by atoms with Crippen molar-refractivity contribution in [2.24, 2.45) is 5.92 Å². The lowest BCUT2D eigenvalue weighted by Crippen LogP contribution is -2.45. The standard InChI is InChI=1S/C30H40N2O6/c1-3-4-13-31(14-7-15-33)28(34)20-32-19-24(21-10-11-27-23(17-21)12-16-38-27)29(30(35)36)25(32)18-22-8-5-6-9-26(22)37-2/h5-6,8-11,17,24-25,29,33H,3-4,7,12-16,18-20H2,1-2H3,(H,35,36)/t24-,25+,29-/m1/s1. The average molecular weight is 525 g/mol. The number of amides is 1. The Morgan fingerprint density at radius 2 is 1.95 bits per heavy atom. The Morgan fingerprint density at radius 3 is 2.68 bits per heavy atom. The van der Waals surface area contributed by atoms with Gasteiger partial charge in [0.05, 0.1) is 26.2 Å². The van der Waals surface area contributed by atoms with Gasteiger partial charge < -0.3 is 24.6 Å². The fourth-order valence-corrected chi connectivity index (χ4v) is 5.86. The van der Waals surface area contributed by atoms with E-state index in [1.54, 1.807) is 7.11 Å². The number of para-hydroxylation sites is 1. The van der Waals surface area contributed by atoms with E-state index in [0.717, 1.165) is 41.7 Å². The topological polar surface area (TPSA) is 99.5 Å². The monoisotopic (exact) mass is 524 g/mol. The summed E-state index contributed by atoms with van der Waals surface area (Å²) >= 11 is 0. The molecule has 2 heterocycles. The first-order valence-electron chi connectivity index (χ1n) is 13.7. The number of nitrogens with zero attached hydrogens (tertiary/aromatic N) is 2. The molecule has 0 bridgehead atoms. The van der Waals surface area contributed by atoms with Gasteiger partial charge in [0.2, 0.25) is 5.91 Å². The molecule has 8 heteroatoms. The lowest BCUT2D eigenvalue weighted by Gasteiger charge is -2.30. The maximum Gasteiger partial charge on any atom is 0.308 e. The van der Waals surface area contributed by atoms with Crippen LogP contribution in [0.1, 0.15) is 48.8 Å². The number of carbonyl (C=O) groups excluding carboxylic acids is 1. The minimum Gasteiger partial charge on any atom is -0.496 e. The Kier molecular flexibility index (Phi) is 9.63. The number of fused-ring (bicyclic) bond motifs is 1. The number of methoxy groups -OCH3 is 1. The molecule has 3 atom stereocenters. The third-order valence-corrected chi connectivity index (χ3v) is 7.86. The van der Waals surface area contributed by atoms with E-state index < -0.39 is 11.9 Å². The summed E-state index contributed by atoms with van der Waals surface area (Å²) in [6.07, 6.45) is 3.66. The summed E-state index contributed by atoms with van der Waals surface area (Å²) in [7, 11) is 1.62. The molecule has 0 spiro atoms. The van der Waals surface area contributed by atoms with Gasteiger partial charge in [0, 0.05) is 44.6 Å². The van der Waals surface area contributed by atoms with E-state index in [1.807, 2.05) is 41.3 Å². The van der Waals surface area contributed by atoms with Crippen molar-refractivity contribution >= 4 is 11.9 Å². The third-order valence-electron chi connectivity index (χ3n) is 7.86. The number of unbranched alkanes of at least 4 members (excludes halogenated alkanes) is 1. The van der Waals surface area contributed by atoms with Crippen molar-refractivity contribution < 1.29 is 29.3 Å². The molecule has 1 saturated heterocycles. The SMILES string of the molecule is CCCCN(CCCO)C(=O)CN1C[C@H](c2ccc3c(c2)CCO3)[C@@H](C(=O)O)[C@@H]1Cc1ccccc1OC. The number of carboxylic acid groups (broad SMARTS) is 1. The molecule has 2 N–H and O–H groups in total. The number of benzene rings is 2. The maximum absolute atomic E-state index is 13.5. The van der Waals surface area contributed by atoms with Crippen molar-refractivity contribution in [3.8, 4) is 11.5 Å². The molecular weight excluding hydrogens is 484 g/mol. The molecule has 2 aromatic rings. The van der Waals surface area contributed by atoms with Crippen LogP contribution in [0, 0.1) is 5.92 Å². The Morgan fingerprint density at radius 1 is 1.16 bits per heavy atom. The van der Waals surface area contributed by atoms with Crippen LogP contribution >= 0.6 is 0 Å². The molecule has 1 amide bonds. The van der Waals surface area contributed by atoms with Gasteiger partial charge in [0.25, 0.3) is 0 Å². The van der Waals surface area contributed by atoms with E-state index >= 15 is 0 Å². The quantitative estimate of drug-likeness (QED) is 0.415. The number of aliphatic hydroxyl groups excluding tert-OH is 1. The van der Waals surface area contributed by atoms with E-state index in [1.165, 1.54) is 0 Å². The number of likely N-dealkylation sites (tertiary alicyclic amines) is 1. The van der Waals surface area contributed by atoms with Crippen molar-refractivity contribution in [1.29, 1.82) is 0 Å². The van der Waals surface area contributed by atoms with Crippen molar-refractivity contribution in [2.45, 2.75) is 51.0 Å². The number of hydrogen-bond acceptors (Lipinski definition) is 6. The number of hydrogen-bond donors (Lipinski definition) is 2. The second kappa shape index (κ2) is 13.1. The molecule has 38 heavy (non-hydrogen) atoms. The largest absolute Gasteiger partial charge is 0.496 e. The Balaban J connectivity index is 1.66. The van der Waals surface area contributed by atoms with Crippen LogP contribution in [-0.4, -0.2) is 84.4 Å². The minimum atomic E-state index is -0.857. The zero-order valence-electron chi connectivity index (χ0n) is 22.5. The van der Waals surface area contributed by atoms with Crippen LogP contribution in [0.3, 0.4) is 0 Å². The zero-order chi connectivity index (χ0) is 27.1. The highest BCUT2D eigenvalue weighted by Gasteiger charge is 2.47. The fourth-order valence-electron chi connectivity index (χ4n) is 5.86. The first-order valence-corrected chi connectivity index (χ1v) is 13.7. The van der Waals surface area contributed by atoms with E-state index in [-0.39, 0.29) is 31.0 Å². The molecule has 0 radical (unpaired) electrons. The highest BCUT2D eigenvalue weighted by atomic mass is 16.5. The van der Waals surface area contributed by atoms with Gasteiger partial charge in [-0.25, -0.2) is 0 Å². The number of aliphatic carboxylic acids is 1. The van der Waals surface area contributed by atoms with Crippen molar-refractivity contribution in [1.82, 2.24) is 9.80 Å². The predicted molar refractivity (Wildman–Crippen MR) is 145 cm³/mol. The number of carbonyl (C=O) groups is 2. The predicted octanol–water partition coefficient (Wildman–Crippen LogP) is 3.35. The molecule has 0 aliphatic carbocycles. The van der Waals surface area contributed by atoms with Gasteiger partial charge in [-0.15, -0.1) is 0 Å². The molecule has 2 aliphatic rings. The fraction of sp³-hybridized carbons (Fsp3) is 0.533. The second-order valence-corrected chi connectivity index (χ2v) is 10.3. The number of rotatable bonds is 13. The van der Waals surface area contributed by atoms with Gasteiger partial charge in [0.1, 0.15) is 11.5 Å². The zero-order valence-corrected chi connectivity index (χ0v) is 22.5. The minimum absolute atomic E-state index is 0.0240. The summed E-state index contributed by atoms with van der Waals surface area (Å²) in [6, 6.07) is 13.3. The maximum atomic E-state index is 13.5. The van der Waals surface area contributed by atoms with Gasteiger partial charge in [-0.05, 0) is 48.1 Å². The molecule has 2 aromatic carbocycles. The normalized spacial score (nSPS) is 20.7. The van der Waals surface area contributed by atoms with Crippen LogP contribution in [0.15, 0.2) is 42.5 Å². The van der Waals surface area contributed by atoms with Crippen LogP contribution in [0.5, 0.6) is 11.5 Å². The number of carboxylic acids is 1. The Hall–Kier alpha value is -3.10. The lowest BCUT2D eigenvalue weighted by molar-refractivity contribution is -0.143. The van der Waals surface area contributed by atoms with Gasteiger partial charge in [-0.3, -0.25) is 14.5 Å². The van der Waals surface area contributed by atoms with Crippen LogP contribution in [0.2, 0.25) is 0 Å². The van der Waals surface area contributed by atoms with Gasteiger partial charge in [-0.1, -0.05) is 43.7 Å². The van der Waals surface area contributed by atoms with E-state index in [4.69, 9.17) is 9.47 Å². The Bertz CT molecular complexity index is 1100. The van der Waals surface area contributed by atoms with E-state index in [0.29, 0.717) is 44.8 Å². The molecule has 1 fully saturated rings. The molecule has 0 unspecified atom stereocenters. The van der Waals surface area contributed by atoms with Crippen LogP contribution in [0.25, 0.3) is 0 Å². The molecule has 8 nitrogen and oxygen atoms in total. The van der Waals surface area contributed by atoms with Crippen LogP contribution in [0.4, 0.5) is 0 Å². The highest BCUT2D eigenvalue weighted by molar-refractivity contribution is 5.79. The summed E-state index contributed by atoms with van der Waals surface area (Å²) in [5, 5.41) is 19.9. The summed E-state index contributed by atoms with van der Waals surface area (Å²) in [5.74, 6) is -0.240. The molecule has 2 aliphatic heterocycles. The summed E-state index contributed by atoms with van der Waals surface area (Å²) in [4.78, 5) is 30.2. The van der Waals surface area contributed by atoms with Crippen LogP contribution < -0.4 is 9.47 Å². The van der Waals surface area contributed by atoms with Gasteiger partial charge >= 0.3 is 5.97 Å². The molecule has 206 valence electrons. The average Bonchev–Trinajstić information content (AvgIpc) is 3.53. The summed E-state index contributed by atoms with van der Waals surface area (Å²) in [6.45, 7) is 4.51. The molecule has 4 rings (SSSR count). The third kappa shape index (κ3) is 6.30. The van der Waals surface area contributed by atoms with Crippen molar-refractivity contribution in [3.63, 3.8) is 0 Å². The van der Waals surface area contributed by atoms with Crippen molar-refractivity contribution in [3.05, 3.63) is 59.2 Å². The highest BCUT2D eigenvalue weighted by Crippen LogP contribution is 2.41. The number of ether oxygens (including phenoxy) is 2. The summed E-state index contributed by atoms with van der Waals surface area (Å²) < 4.78 is 11.2. The van der Waals surface area contributed by atoms with Gasteiger partial charge in [0.15, 0.2) is 0 Å². The van der Waals surface area contributed by atoms with E-state index in [9.17, 15) is 19.8 Å². The lowest BCUT2D eigenvalue weighted by atomic mass is 9.82. The van der Waals surface area contributed by atoms with Gasteiger partial charge in [-0.2, -0.15) is 0 Å². The van der Waals surface area contributed by atoms with Crippen LogP contribution in [-0.2, 0) is 22.4 Å². The molecular formula is C30H40N2O6. The number of aliphatic hydroxyl groups is 1. The Labute approximate surface area is 225 Å². The smallest absolute Gasteiger partial charge is 0.308 e. The summed E-state index contributed by atoms with van der Waals surface area (Å²) in [5.41, 5.74) is 3.01. The second-order valence-electron chi connectivity index (χ2n) is 10.3. The first kappa shape index (κ1) is 27.9. The first-order chi connectivity index (χ1) is 18.5.